The van der Waals surface area contributed by atoms with Crippen LogP contribution in [0.15, 0.2) is 53.3 Å². The molecule has 0 unspecified atom stereocenters. The molecule has 0 aliphatic carbocycles. The van der Waals surface area contributed by atoms with Crippen LogP contribution in [0.1, 0.15) is 5.56 Å². The molecule has 2 heterocycles. The Morgan fingerprint density at radius 3 is 2.37 bits per heavy atom. The highest BCUT2D eigenvalue weighted by atomic mass is 32.1. The van der Waals surface area contributed by atoms with E-state index in [0.29, 0.717) is 25.7 Å². The van der Waals surface area contributed by atoms with Crippen LogP contribution in [0.25, 0.3) is 21.7 Å². The second-order valence-corrected chi connectivity index (χ2v) is 7.94. The van der Waals surface area contributed by atoms with Crippen molar-refractivity contribution in [3.63, 3.8) is 0 Å². The van der Waals surface area contributed by atoms with E-state index in [4.69, 9.17) is 29.2 Å². The van der Waals surface area contributed by atoms with Crippen LogP contribution in [0.2, 0.25) is 0 Å². The maximum Gasteiger partial charge on any atom is 0.278 e. The maximum absolute atomic E-state index is 13.3. The number of fused-ring (bicyclic) bond motifs is 1. The predicted octanol–water partition coefficient (Wildman–Crippen LogP) is 4.95. The van der Waals surface area contributed by atoms with Crippen LogP contribution in [-0.2, 0) is 0 Å². The van der Waals surface area contributed by atoms with E-state index in [2.05, 4.69) is 4.98 Å². The number of aromatic nitrogens is 3. The van der Waals surface area contributed by atoms with Crippen LogP contribution in [0.4, 0.5) is 0 Å². The van der Waals surface area contributed by atoms with Gasteiger partial charge in [0, 0.05) is 0 Å². The van der Waals surface area contributed by atoms with E-state index in [1.807, 2.05) is 47.9 Å². The van der Waals surface area contributed by atoms with Crippen molar-refractivity contribution < 1.29 is 4.74 Å². The minimum absolute atomic E-state index is 0.221. The number of rotatable bonds is 3. The molecule has 0 fully saturated rings. The molecule has 4 rings (SSSR count). The van der Waals surface area contributed by atoms with Crippen molar-refractivity contribution in [1.29, 1.82) is 0 Å². The number of nitrogens with zero attached hydrogens (tertiary/aromatic N) is 2. The van der Waals surface area contributed by atoms with Crippen LogP contribution >= 0.6 is 35.8 Å². The third kappa shape index (κ3) is 2.86. The van der Waals surface area contributed by atoms with E-state index in [1.54, 1.807) is 19.2 Å². The van der Waals surface area contributed by atoms with Crippen LogP contribution < -0.4 is 10.3 Å². The van der Waals surface area contributed by atoms with Crippen molar-refractivity contribution in [2.45, 2.75) is 6.92 Å². The van der Waals surface area contributed by atoms with Gasteiger partial charge in [-0.1, -0.05) is 41.7 Å². The predicted molar refractivity (Wildman–Crippen MR) is 114 cm³/mol. The van der Waals surface area contributed by atoms with Crippen molar-refractivity contribution in [3.05, 3.63) is 73.2 Å². The highest BCUT2D eigenvalue weighted by molar-refractivity contribution is 7.73. The molecule has 4 aromatic rings. The summed E-state index contributed by atoms with van der Waals surface area (Å²) in [5.74, 6) is 0.570. The number of aryl methyl sites for hydroxylation is 1. The lowest BCUT2D eigenvalue weighted by atomic mass is 10.2. The summed E-state index contributed by atoms with van der Waals surface area (Å²) in [5, 5.41) is 0. The molecular formula is C19H15N3O2S3. The number of para-hydroxylation sites is 3. The molecular weight excluding hydrogens is 398 g/mol. The van der Waals surface area contributed by atoms with Gasteiger partial charge >= 0.3 is 0 Å². The molecule has 0 atom stereocenters. The molecule has 27 heavy (non-hydrogen) atoms. The Hall–Kier alpha value is -2.55. The first kappa shape index (κ1) is 17.8. The number of H-pyrrole nitrogens is 1. The van der Waals surface area contributed by atoms with Crippen molar-refractivity contribution in [2.75, 3.05) is 7.11 Å². The molecule has 2 aromatic carbocycles. The molecule has 2 aromatic heterocycles. The van der Waals surface area contributed by atoms with E-state index in [1.165, 1.54) is 15.9 Å². The average Bonchev–Trinajstić information content (AvgIpc) is 2.99. The second kappa shape index (κ2) is 6.88. The standard InChI is InChI=1S/C19H15N3O2S3/c1-11-7-3-4-8-12(11)21-16-15(27-19(21)26)17(23)22(18(25)20-16)13-9-5-6-10-14(13)24-2/h3-10H,1-2H3,(H,20,25). The number of ether oxygens (including phenoxy) is 1. The average molecular weight is 414 g/mol. The zero-order valence-electron chi connectivity index (χ0n) is 14.6. The van der Waals surface area contributed by atoms with Crippen LogP contribution in [0.3, 0.4) is 0 Å². The zero-order chi connectivity index (χ0) is 19.1. The number of benzene rings is 2. The van der Waals surface area contributed by atoms with Gasteiger partial charge in [-0.3, -0.25) is 9.36 Å². The summed E-state index contributed by atoms with van der Waals surface area (Å²) in [7, 11) is 1.56. The Kier molecular flexibility index (Phi) is 4.55. The molecule has 136 valence electrons. The summed E-state index contributed by atoms with van der Waals surface area (Å²) in [4.78, 5) is 16.5. The van der Waals surface area contributed by atoms with E-state index in [-0.39, 0.29) is 10.3 Å². The first-order valence-corrected chi connectivity index (χ1v) is 9.76. The van der Waals surface area contributed by atoms with E-state index in [9.17, 15) is 4.79 Å². The molecule has 8 heteroatoms. The van der Waals surface area contributed by atoms with Crippen molar-refractivity contribution >= 4 is 46.1 Å². The largest absolute Gasteiger partial charge is 0.495 e. The maximum atomic E-state index is 13.3. The summed E-state index contributed by atoms with van der Waals surface area (Å²) in [5.41, 5.74) is 2.97. The smallest absolute Gasteiger partial charge is 0.278 e. The summed E-state index contributed by atoms with van der Waals surface area (Å²) in [6, 6.07) is 15.2. The van der Waals surface area contributed by atoms with Gasteiger partial charge in [0.15, 0.2) is 8.73 Å². The number of hydrogen-bond acceptors (Lipinski definition) is 5. The molecule has 0 aliphatic rings. The lowest BCUT2D eigenvalue weighted by Gasteiger charge is -2.12. The van der Waals surface area contributed by atoms with Gasteiger partial charge in [0.05, 0.1) is 18.5 Å². The number of methoxy groups -OCH3 is 1. The van der Waals surface area contributed by atoms with E-state index in [0.717, 1.165) is 11.3 Å². The van der Waals surface area contributed by atoms with E-state index < -0.39 is 0 Å². The van der Waals surface area contributed by atoms with Crippen molar-refractivity contribution in [2.24, 2.45) is 0 Å². The fourth-order valence-electron chi connectivity index (χ4n) is 3.05. The molecule has 0 bridgehead atoms. The number of aromatic amines is 1. The number of hydrogen-bond donors (Lipinski definition) is 1. The van der Waals surface area contributed by atoms with Gasteiger partial charge in [0.1, 0.15) is 16.1 Å². The Bertz CT molecular complexity index is 1340. The van der Waals surface area contributed by atoms with Crippen molar-refractivity contribution in [1.82, 2.24) is 14.1 Å². The normalized spacial score (nSPS) is 11.0. The first-order chi connectivity index (χ1) is 13.0. The lowest BCUT2D eigenvalue weighted by molar-refractivity contribution is 0.412. The van der Waals surface area contributed by atoms with Gasteiger partial charge in [-0.15, -0.1) is 0 Å². The molecule has 0 radical (unpaired) electrons. The van der Waals surface area contributed by atoms with Gasteiger partial charge in [0.2, 0.25) is 0 Å². The number of thiazole rings is 1. The SMILES string of the molecule is COc1ccccc1-n1c(=S)[nH]c2c(sc(=S)n2-c2ccccc2C)c1=O. The summed E-state index contributed by atoms with van der Waals surface area (Å²) in [6.45, 7) is 2.01. The third-order valence-electron chi connectivity index (χ3n) is 4.32. The highest BCUT2D eigenvalue weighted by Gasteiger charge is 2.17. The van der Waals surface area contributed by atoms with Crippen LogP contribution in [-0.4, -0.2) is 21.2 Å². The minimum Gasteiger partial charge on any atom is -0.495 e. The Morgan fingerprint density at radius 1 is 1.00 bits per heavy atom. The van der Waals surface area contributed by atoms with E-state index >= 15 is 0 Å². The molecule has 0 aliphatic heterocycles. The van der Waals surface area contributed by atoms with Crippen LogP contribution in [0, 0.1) is 15.6 Å². The molecule has 1 N–H and O–H groups in total. The summed E-state index contributed by atoms with van der Waals surface area (Å²) >= 11 is 12.3. The first-order valence-electron chi connectivity index (χ1n) is 8.13. The Labute approximate surface area is 169 Å². The summed E-state index contributed by atoms with van der Waals surface area (Å²) < 4.78 is 10.1. The van der Waals surface area contributed by atoms with Gasteiger partial charge < -0.3 is 9.72 Å². The monoisotopic (exact) mass is 413 g/mol. The topological polar surface area (TPSA) is 51.9 Å². The Morgan fingerprint density at radius 2 is 1.67 bits per heavy atom. The highest BCUT2D eigenvalue weighted by Crippen LogP contribution is 2.27. The van der Waals surface area contributed by atoms with Gasteiger partial charge in [-0.05, 0) is 55.1 Å². The van der Waals surface area contributed by atoms with Gasteiger partial charge in [-0.2, -0.15) is 0 Å². The fourth-order valence-corrected chi connectivity index (χ4v) is 4.64. The van der Waals surface area contributed by atoms with Gasteiger partial charge in [0.25, 0.3) is 5.56 Å². The molecule has 0 spiro atoms. The minimum atomic E-state index is -0.221. The molecule has 5 nitrogen and oxygen atoms in total. The number of nitrogens with one attached hydrogen (secondary N) is 1. The Balaban J connectivity index is 2.09. The van der Waals surface area contributed by atoms with Crippen LogP contribution in [0.5, 0.6) is 5.75 Å². The molecule has 0 saturated carbocycles. The quantitative estimate of drug-likeness (QED) is 0.483. The second-order valence-electron chi connectivity index (χ2n) is 5.91. The third-order valence-corrected chi connectivity index (χ3v) is 5.97. The summed E-state index contributed by atoms with van der Waals surface area (Å²) in [6.07, 6.45) is 0. The zero-order valence-corrected chi connectivity index (χ0v) is 17.0. The molecule has 0 saturated heterocycles. The van der Waals surface area contributed by atoms with Gasteiger partial charge in [-0.25, -0.2) is 4.57 Å². The fraction of sp³-hybridized carbons (Fsp3) is 0.105. The lowest BCUT2D eigenvalue weighted by Crippen LogP contribution is -2.20. The molecule has 0 amide bonds. The van der Waals surface area contributed by atoms with Crippen molar-refractivity contribution in [3.8, 4) is 17.1 Å².